The maximum atomic E-state index is 14.5. The standard InChI is InChI=1S/C26H28FN3O3S/c1-18-4-8-21(9-5-18)28-26(31)24-16-23(12-13-25(24)27)34(32,33)29-14-15-30(20(3)17-29)22-10-6-19(2)7-11-22/h4-13,16,20H,14-15,17H2,1-3H3,(H,28,31)/t20-/m1/s1. The molecule has 6 nitrogen and oxygen atoms in total. The molecule has 3 aromatic carbocycles. The van der Waals surface area contributed by atoms with Gasteiger partial charge in [-0.15, -0.1) is 0 Å². The molecule has 1 N–H and O–H groups in total. The molecule has 0 unspecified atom stereocenters. The Morgan fingerprint density at radius 2 is 1.56 bits per heavy atom. The van der Waals surface area contributed by atoms with Gasteiger partial charge >= 0.3 is 0 Å². The summed E-state index contributed by atoms with van der Waals surface area (Å²) in [7, 11) is -3.90. The van der Waals surface area contributed by atoms with Crippen molar-refractivity contribution in [3.8, 4) is 0 Å². The van der Waals surface area contributed by atoms with Crippen LogP contribution in [0.5, 0.6) is 0 Å². The molecule has 1 aliphatic rings. The third-order valence-electron chi connectivity index (χ3n) is 6.09. The Labute approximate surface area is 200 Å². The number of hydrogen-bond donors (Lipinski definition) is 1. The summed E-state index contributed by atoms with van der Waals surface area (Å²) >= 11 is 0. The number of sulfonamides is 1. The SMILES string of the molecule is Cc1ccc(NC(=O)c2cc(S(=O)(=O)N3CCN(c4ccc(C)cc4)[C@H](C)C3)ccc2F)cc1. The van der Waals surface area contributed by atoms with Crippen LogP contribution in [0.4, 0.5) is 15.8 Å². The predicted molar refractivity (Wildman–Crippen MR) is 132 cm³/mol. The number of halogens is 1. The average Bonchev–Trinajstić information content (AvgIpc) is 2.81. The van der Waals surface area contributed by atoms with Crippen LogP contribution in [0.2, 0.25) is 0 Å². The van der Waals surface area contributed by atoms with E-state index in [1.165, 1.54) is 10.4 Å². The number of nitrogens with zero attached hydrogens (tertiary/aromatic N) is 2. The fourth-order valence-corrected chi connectivity index (χ4v) is 5.62. The van der Waals surface area contributed by atoms with Gasteiger partial charge in [-0.05, 0) is 63.2 Å². The number of carbonyl (C=O) groups excluding carboxylic acids is 1. The third kappa shape index (κ3) is 4.98. The minimum absolute atomic E-state index is 0.0454. The van der Waals surface area contributed by atoms with Gasteiger partial charge in [-0.25, -0.2) is 12.8 Å². The summed E-state index contributed by atoms with van der Waals surface area (Å²) in [5.41, 5.74) is 3.43. The summed E-state index contributed by atoms with van der Waals surface area (Å²) in [6, 6.07) is 18.5. The maximum absolute atomic E-state index is 14.5. The Balaban J connectivity index is 1.52. The van der Waals surface area contributed by atoms with Gasteiger partial charge < -0.3 is 10.2 Å². The van der Waals surface area contributed by atoms with Crippen molar-refractivity contribution in [1.29, 1.82) is 0 Å². The summed E-state index contributed by atoms with van der Waals surface area (Å²) in [6.07, 6.45) is 0. The predicted octanol–water partition coefficient (Wildman–Crippen LogP) is 4.59. The van der Waals surface area contributed by atoms with Gasteiger partial charge in [0, 0.05) is 37.1 Å². The lowest BCUT2D eigenvalue weighted by molar-refractivity contribution is 0.102. The molecule has 1 atom stereocenters. The van der Waals surface area contributed by atoms with Crippen LogP contribution in [-0.2, 0) is 10.0 Å². The Kier molecular flexibility index (Phi) is 6.72. The largest absolute Gasteiger partial charge is 0.366 e. The Morgan fingerprint density at radius 1 is 0.941 bits per heavy atom. The smallest absolute Gasteiger partial charge is 0.258 e. The van der Waals surface area contributed by atoms with Gasteiger partial charge in [0.05, 0.1) is 10.5 Å². The molecule has 178 valence electrons. The highest BCUT2D eigenvalue weighted by Crippen LogP contribution is 2.26. The van der Waals surface area contributed by atoms with Crippen molar-refractivity contribution in [2.45, 2.75) is 31.7 Å². The van der Waals surface area contributed by atoms with E-state index < -0.39 is 21.7 Å². The summed E-state index contributed by atoms with van der Waals surface area (Å²) in [5.74, 6) is -1.47. The topological polar surface area (TPSA) is 69.7 Å². The Morgan fingerprint density at radius 3 is 2.18 bits per heavy atom. The number of piperazine rings is 1. The minimum atomic E-state index is -3.90. The quantitative estimate of drug-likeness (QED) is 0.579. The third-order valence-corrected chi connectivity index (χ3v) is 7.95. The highest BCUT2D eigenvalue weighted by atomic mass is 32.2. The molecule has 0 spiro atoms. The van der Waals surface area contributed by atoms with Crippen molar-refractivity contribution < 1.29 is 17.6 Å². The maximum Gasteiger partial charge on any atom is 0.258 e. The summed E-state index contributed by atoms with van der Waals surface area (Å²) in [6.45, 7) is 7.04. The number of carbonyl (C=O) groups is 1. The van der Waals surface area contributed by atoms with Crippen LogP contribution in [0.3, 0.4) is 0 Å². The average molecular weight is 482 g/mol. The van der Waals surface area contributed by atoms with E-state index in [1.54, 1.807) is 12.1 Å². The number of nitrogens with one attached hydrogen (secondary N) is 1. The van der Waals surface area contributed by atoms with Gasteiger partial charge in [-0.3, -0.25) is 4.79 Å². The Bertz CT molecular complexity index is 1290. The van der Waals surface area contributed by atoms with E-state index in [2.05, 4.69) is 10.2 Å². The van der Waals surface area contributed by atoms with Gasteiger partial charge in [0.15, 0.2) is 0 Å². The molecule has 0 radical (unpaired) electrons. The first-order chi connectivity index (χ1) is 16.1. The molecule has 1 fully saturated rings. The van der Waals surface area contributed by atoms with Crippen molar-refractivity contribution in [2.24, 2.45) is 0 Å². The fourth-order valence-electron chi connectivity index (χ4n) is 4.09. The Hall–Kier alpha value is -3.23. The van der Waals surface area contributed by atoms with Crippen LogP contribution in [-0.4, -0.2) is 44.3 Å². The van der Waals surface area contributed by atoms with Gasteiger partial charge in [0.2, 0.25) is 10.0 Å². The molecule has 0 saturated carbocycles. The van der Waals surface area contributed by atoms with Gasteiger partial charge in [-0.1, -0.05) is 35.4 Å². The molecular formula is C26H28FN3O3S. The first-order valence-electron chi connectivity index (χ1n) is 11.2. The number of hydrogen-bond acceptors (Lipinski definition) is 4. The molecule has 1 amide bonds. The molecule has 4 rings (SSSR count). The van der Waals surface area contributed by atoms with Crippen LogP contribution in [0.1, 0.15) is 28.4 Å². The van der Waals surface area contributed by atoms with E-state index in [0.29, 0.717) is 25.3 Å². The second-order valence-corrected chi connectivity index (χ2v) is 10.6. The summed E-state index contributed by atoms with van der Waals surface area (Å²) in [5, 5.41) is 2.63. The minimum Gasteiger partial charge on any atom is -0.366 e. The van der Waals surface area contributed by atoms with Crippen molar-refractivity contribution in [3.05, 3.63) is 89.2 Å². The number of rotatable bonds is 5. The van der Waals surface area contributed by atoms with Crippen LogP contribution < -0.4 is 10.2 Å². The fraction of sp³-hybridized carbons (Fsp3) is 0.269. The van der Waals surface area contributed by atoms with Crippen LogP contribution in [0, 0.1) is 19.7 Å². The number of amides is 1. The molecule has 0 aromatic heterocycles. The van der Waals surface area contributed by atoms with Gasteiger partial charge in [0.25, 0.3) is 5.91 Å². The second-order valence-electron chi connectivity index (χ2n) is 8.70. The lowest BCUT2D eigenvalue weighted by atomic mass is 10.1. The van der Waals surface area contributed by atoms with Crippen molar-refractivity contribution in [3.63, 3.8) is 0 Å². The van der Waals surface area contributed by atoms with Crippen molar-refractivity contribution in [2.75, 3.05) is 29.9 Å². The molecular weight excluding hydrogens is 453 g/mol. The van der Waals surface area contributed by atoms with E-state index in [1.807, 2.05) is 57.2 Å². The first kappa shape index (κ1) is 23.9. The monoisotopic (exact) mass is 481 g/mol. The van der Waals surface area contributed by atoms with E-state index >= 15 is 0 Å². The van der Waals surface area contributed by atoms with Gasteiger partial charge in [0.1, 0.15) is 5.82 Å². The zero-order valence-electron chi connectivity index (χ0n) is 19.5. The zero-order valence-corrected chi connectivity index (χ0v) is 20.3. The molecule has 1 saturated heterocycles. The zero-order chi connectivity index (χ0) is 24.5. The highest BCUT2D eigenvalue weighted by Gasteiger charge is 2.33. The molecule has 0 bridgehead atoms. The second kappa shape index (κ2) is 9.56. The van der Waals surface area contributed by atoms with Crippen molar-refractivity contribution >= 4 is 27.3 Å². The molecule has 0 aliphatic carbocycles. The summed E-state index contributed by atoms with van der Waals surface area (Å²) < 4.78 is 42.6. The summed E-state index contributed by atoms with van der Waals surface area (Å²) in [4.78, 5) is 14.8. The lowest BCUT2D eigenvalue weighted by Gasteiger charge is -2.40. The van der Waals surface area contributed by atoms with Gasteiger partial charge in [-0.2, -0.15) is 4.31 Å². The van der Waals surface area contributed by atoms with E-state index in [4.69, 9.17) is 0 Å². The number of anilines is 2. The molecule has 34 heavy (non-hydrogen) atoms. The first-order valence-corrected chi connectivity index (χ1v) is 12.6. The van der Waals surface area contributed by atoms with Crippen LogP contribution >= 0.6 is 0 Å². The molecule has 1 heterocycles. The molecule has 3 aromatic rings. The normalized spacial score (nSPS) is 16.9. The number of aryl methyl sites for hydroxylation is 2. The van der Waals surface area contributed by atoms with Crippen LogP contribution in [0.15, 0.2) is 71.6 Å². The van der Waals surface area contributed by atoms with Crippen molar-refractivity contribution in [1.82, 2.24) is 4.31 Å². The number of benzene rings is 3. The molecule has 8 heteroatoms. The van der Waals surface area contributed by atoms with Crippen LogP contribution in [0.25, 0.3) is 0 Å². The van der Waals surface area contributed by atoms with E-state index in [-0.39, 0.29) is 16.5 Å². The highest BCUT2D eigenvalue weighted by molar-refractivity contribution is 7.89. The van der Waals surface area contributed by atoms with E-state index in [0.717, 1.165) is 28.9 Å². The lowest BCUT2D eigenvalue weighted by Crippen LogP contribution is -2.53. The molecule has 1 aliphatic heterocycles. The van der Waals surface area contributed by atoms with E-state index in [9.17, 15) is 17.6 Å².